The first-order valence-corrected chi connectivity index (χ1v) is 8.70. The van der Waals surface area contributed by atoms with Crippen LogP contribution in [0.4, 0.5) is 0 Å². The molecule has 0 saturated heterocycles. The molecule has 2 nitrogen and oxygen atoms in total. The molecule has 1 aliphatic rings. The van der Waals surface area contributed by atoms with E-state index in [4.69, 9.17) is 0 Å². The zero-order valence-electron chi connectivity index (χ0n) is 13.9. The number of aromatic nitrogens is 2. The number of aromatic amines is 1. The summed E-state index contributed by atoms with van der Waals surface area (Å²) in [5.74, 6) is 0. The number of rotatable bonds is 1. The third-order valence-electron chi connectivity index (χ3n) is 5.03. The van der Waals surface area contributed by atoms with E-state index in [1.807, 2.05) is 0 Å². The van der Waals surface area contributed by atoms with E-state index in [1.165, 1.54) is 33.4 Å². The van der Waals surface area contributed by atoms with Gasteiger partial charge >= 0.3 is 0 Å². The molecule has 0 aliphatic heterocycles. The van der Waals surface area contributed by atoms with Gasteiger partial charge in [0, 0.05) is 0 Å². The Morgan fingerprint density at radius 3 is 2.20 bits per heavy atom. The van der Waals surface area contributed by atoms with E-state index in [2.05, 4.69) is 82.8 Å². The number of nitrogens with one attached hydrogen (secondary N) is 1. The van der Waals surface area contributed by atoms with Crippen molar-refractivity contribution in [3.8, 4) is 0 Å². The maximum Gasteiger partial charge on any atom is 0.0931 e. The fraction of sp³-hybridized carbons (Fsp3) is 0.0870. The number of imidazole rings is 1. The molecule has 0 radical (unpaired) electrons. The Bertz CT molecular complexity index is 1050. The number of nitrogens with zero attached hydrogens (tertiary/aromatic N) is 1. The Balaban J connectivity index is 1.75. The molecule has 2 heteroatoms. The van der Waals surface area contributed by atoms with E-state index in [0.717, 1.165) is 23.9 Å². The van der Waals surface area contributed by atoms with Crippen molar-refractivity contribution in [1.82, 2.24) is 9.97 Å². The van der Waals surface area contributed by atoms with Crippen molar-refractivity contribution < 1.29 is 0 Å². The highest BCUT2D eigenvalue weighted by Gasteiger charge is 2.17. The van der Waals surface area contributed by atoms with E-state index in [1.54, 1.807) is 6.33 Å². The highest BCUT2D eigenvalue weighted by Crippen LogP contribution is 2.35. The van der Waals surface area contributed by atoms with Crippen molar-refractivity contribution >= 4 is 22.7 Å². The Kier molecular flexibility index (Phi) is 3.27. The Hall–Kier alpha value is -3.13. The van der Waals surface area contributed by atoms with Gasteiger partial charge in [0.05, 0.1) is 17.4 Å². The van der Waals surface area contributed by atoms with Gasteiger partial charge in [-0.25, -0.2) is 4.98 Å². The molecule has 0 saturated carbocycles. The van der Waals surface area contributed by atoms with Crippen LogP contribution in [0.1, 0.15) is 27.8 Å². The van der Waals surface area contributed by atoms with Gasteiger partial charge in [-0.3, -0.25) is 0 Å². The molecule has 1 heterocycles. The molecule has 0 spiro atoms. The predicted octanol–water partition coefficient (Wildman–Crippen LogP) is 5.25. The number of benzene rings is 3. The average Bonchev–Trinajstić information content (AvgIpc) is 3.07. The molecule has 5 rings (SSSR count). The second-order valence-corrected chi connectivity index (χ2v) is 6.55. The van der Waals surface area contributed by atoms with Crippen LogP contribution in [-0.2, 0) is 12.8 Å². The summed E-state index contributed by atoms with van der Waals surface area (Å²) in [5, 5.41) is 0. The molecule has 25 heavy (non-hydrogen) atoms. The second kappa shape index (κ2) is 5.75. The molecule has 0 atom stereocenters. The summed E-state index contributed by atoms with van der Waals surface area (Å²) in [6, 6.07) is 24.0. The molecule has 4 aromatic rings. The predicted molar refractivity (Wildman–Crippen MR) is 103 cm³/mol. The van der Waals surface area contributed by atoms with Gasteiger partial charge in [-0.15, -0.1) is 0 Å². The lowest BCUT2D eigenvalue weighted by molar-refractivity contribution is 0.965. The average molecular weight is 322 g/mol. The molecule has 1 N–H and O–H groups in total. The number of hydrogen-bond acceptors (Lipinski definition) is 1. The van der Waals surface area contributed by atoms with Crippen molar-refractivity contribution in [3.05, 3.63) is 101 Å². The molecular formula is C23H18N2. The fourth-order valence-corrected chi connectivity index (χ4v) is 3.78. The zero-order chi connectivity index (χ0) is 16.6. The van der Waals surface area contributed by atoms with E-state index in [-0.39, 0.29) is 0 Å². The summed E-state index contributed by atoms with van der Waals surface area (Å²) >= 11 is 0. The largest absolute Gasteiger partial charge is 0.345 e. The first-order valence-electron chi connectivity index (χ1n) is 8.70. The van der Waals surface area contributed by atoms with Crippen LogP contribution < -0.4 is 0 Å². The molecule has 0 fully saturated rings. The lowest BCUT2D eigenvalue weighted by atomic mass is 9.92. The summed E-state index contributed by atoms with van der Waals surface area (Å²) in [6.07, 6.45) is 6.23. The summed E-state index contributed by atoms with van der Waals surface area (Å²) in [4.78, 5) is 7.52. The summed E-state index contributed by atoms with van der Waals surface area (Å²) in [6.45, 7) is 0. The van der Waals surface area contributed by atoms with Gasteiger partial charge in [-0.2, -0.15) is 0 Å². The normalized spacial score (nSPS) is 13.2. The van der Waals surface area contributed by atoms with Crippen LogP contribution >= 0.6 is 0 Å². The minimum atomic E-state index is 1.00. The maximum atomic E-state index is 4.32. The van der Waals surface area contributed by atoms with Crippen LogP contribution in [0.5, 0.6) is 0 Å². The van der Waals surface area contributed by atoms with Gasteiger partial charge in [0.25, 0.3) is 0 Å². The second-order valence-electron chi connectivity index (χ2n) is 6.55. The molecule has 120 valence electrons. The van der Waals surface area contributed by atoms with Gasteiger partial charge in [0.1, 0.15) is 0 Å². The molecule has 0 amide bonds. The van der Waals surface area contributed by atoms with Crippen LogP contribution in [0.3, 0.4) is 0 Å². The zero-order valence-corrected chi connectivity index (χ0v) is 13.9. The molecule has 0 unspecified atom stereocenters. The minimum Gasteiger partial charge on any atom is -0.345 e. The van der Waals surface area contributed by atoms with Crippen LogP contribution in [0, 0.1) is 0 Å². The molecular weight excluding hydrogens is 304 g/mol. The third kappa shape index (κ3) is 2.47. The van der Waals surface area contributed by atoms with E-state index < -0.39 is 0 Å². The summed E-state index contributed by atoms with van der Waals surface area (Å²) < 4.78 is 0. The van der Waals surface area contributed by atoms with Crippen LogP contribution in [0.2, 0.25) is 0 Å². The Morgan fingerprint density at radius 2 is 1.48 bits per heavy atom. The third-order valence-corrected chi connectivity index (χ3v) is 5.03. The van der Waals surface area contributed by atoms with Gasteiger partial charge < -0.3 is 4.98 Å². The highest BCUT2D eigenvalue weighted by atomic mass is 14.9. The maximum absolute atomic E-state index is 4.32. The van der Waals surface area contributed by atoms with E-state index in [9.17, 15) is 0 Å². The minimum absolute atomic E-state index is 1.00. The SMILES string of the molecule is C(=C1c2ccccc2CCc2ccccc21)c1ccc2nc[nH]c2c1. The number of hydrogen-bond donors (Lipinski definition) is 1. The highest BCUT2D eigenvalue weighted by molar-refractivity contribution is 5.95. The smallest absolute Gasteiger partial charge is 0.0931 e. The first-order chi connectivity index (χ1) is 12.4. The Morgan fingerprint density at radius 1 is 0.800 bits per heavy atom. The lowest BCUT2D eigenvalue weighted by Gasteiger charge is -2.12. The lowest BCUT2D eigenvalue weighted by Crippen LogP contribution is -1.92. The van der Waals surface area contributed by atoms with Gasteiger partial charge in [-0.1, -0.05) is 54.6 Å². The standard InChI is InChI=1S/C23H18N2/c1-3-7-19-17(5-1)10-11-18-6-2-4-8-20(18)21(19)13-16-9-12-22-23(14-16)25-15-24-22/h1-9,12-15H,10-11H2,(H,24,25). The van der Waals surface area contributed by atoms with Gasteiger partial charge in [0.2, 0.25) is 0 Å². The van der Waals surface area contributed by atoms with E-state index >= 15 is 0 Å². The Labute approximate surface area is 146 Å². The van der Waals surface area contributed by atoms with Crippen LogP contribution in [-0.4, -0.2) is 9.97 Å². The van der Waals surface area contributed by atoms with Crippen molar-refractivity contribution in [3.63, 3.8) is 0 Å². The van der Waals surface area contributed by atoms with Gasteiger partial charge in [0.15, 0.2) is 0 Å². The monoisotopic (exact) mass is 322 g/mol. The van der Waals surface area contributed by atoms with Crippen molar-refractivity contribution in [1.29, 1.82) is 0 Å². The van der Waals surface area contributed by atoms with Crippen molar-refractivity contribution in [2.24, 2.45) is 0 Å². The van der Waals surface area contributed by atoms with Crippen molar-refractivity contribution in [2.45, 2.75) is 12.8 Å². The molecule has 1 aromatic heterocycles. The van der Waals surface area contributed by atoms with Crippen molar-refractivity contribution in [2.75, 3.05) is 0 Å². The van der Waals surface area contributed by atoms with Crippen LogP contribution in [0.25, 0.3) is 22.7 Å². The van der Waals surface area contributed by atoms with E-state index in [0.29, 0.717) is 0 Å². The summed E-state index contributed by atoms with van der Waals surface area (Å²) in [5.41, 5.74) is 10.1. The number of H-pyrrole nitrogens is 1. The molecule has 1 aliphatic carbocycles. The molecule has 0 bridgehead atoms. The fourth-order valence-electron chi connectivity index (χ4n) is 3.78. The van der Waals surface area contributed by atoms with Crippen LogP contribution in [0.15, 0.2) is 73.1 Å². The molecule has 3 aromatic carbocycles. The van der Waals surface area contributed by atoms with Gasteiger partial charge in [-0.05, 0) is 64.4 Å². The number of aryl methyl sites for hydroxylation is 2. The topological polar surface area (TPSA) is 28.7 Å². The summed E-state index contributed by atoms with van der Waals surface area (Å²) in [7, 11) is 0. The first kappa shape index (κ1) is 14.2. The number of fused-ring (bicyclic) bond motifs is 3. The quantitative estimate of drug-likeness (QED) is 0.509.